The maximum atomic E-state index is 11.6. The van der Waals surface area contributed by atoms with Crippen molar-refractivity contribution in [3.63, 3.8) is 0 Å². The maximum absolute atomic E-state index is 11.6. The lowest BCUT2D eigenvalue weighted by molar-refractivity contribution is -0.144. The van der Waals surface area contributed by atoms with E-state index < -0.39 is 0 Å². The normalized spacial score (nSPS) is 22.3. The molecule has 86 valence electrons. The molecule has 0 aromatic heterocycles. The summed E-state index contributed by atoms with van der Waals surface area (Å²) in [4.78, 5) is 11.6. The molecule has 1 aliphatic rings. The molecule has 1 aliphatic heterocycles. The van der Waals surface area contributed by atoms with E-state index in [-0.39, 0.29) is 17.6 Å². The van der Waals surface area contributed by atoms with Crippen LogP contribution in [0, 0.1) is 0 Å². The highest BCUT2D eigenvalue weighted by molar-refractivity contribution is 5.76. The number of carbonyl (C=O) groups is 1. The number of hydrogen-bond acceptors (Lipinski definition) is 3. The lowest BCUT2D eigenvalue weighted by atomic mass is 9.82. The van der Waals surface area contributed by atoms with Gasteiger partial charge in [-0.2, -0.15) is 0 Å². The molecule has 0 fully saturated rings. The number of methoxy groups -OCH3 is 1. The second kappa shape index (κ2) is 3.91. The summed E-state index contributed by atoms with van der Waals surface area (Å²) >= 11 is 0. The number of fused-ring (bicyclic) bond motifs is 1. The molecular formula is C13H17NO2. The summed E-state index contributed by atoms with van der Waals surface area (Å²) in [6.45, 7) is 4.17. The van der Waals surface area contributed by atoms with Gasteiger partial charge in [0.05, 0.1) is 7.11 Å². The Kier molecular flexibility index (Phi) is 2.72. The van der Waals surface area contributed by atoms with E-state index in [1.54, 1.807) is 0 Å². The van der Waals surface area contributed by atoms with Gasteiger partial charge in [0.25, 0.3) is 0 Å². The van der Waals surface area contributed by atoms with Crippen LogP contribution in [-0.4, -0.2) is 19.1 Å². The van der Waals surface area contributed by atoms with E-state index in [9.17, 15) is 4.79 Å². The molecule has 1 aromatic carbocycles. The first kappa shape index (κ1) is 11.1. The molecule has 1 heterocycles. The highest BCUT2D eigenvalue weighted by atomic mass is 16.5. The van der Waals surface area contributed by atoms with Crippen molar-refractivity contribution in [3.8, 4) is 0 Å². The van der Waals surface area contributed by atoms with Crippen LogP contribution in [-0.2, 0) is 21.5 Å². The molecule has 0 amide bonds. The number of carbonyl (C=O) groups excluding carboxylic acids is 1. The number of ether oxygens (including phenoxy) is 1. The fourth-order valence-corrected chi connectivity index (χ4v) is 2.38. The summed E-state index contributed by atoms with van der Waals surface area (Å²) in [7, 11) is 1.43. The Balaban J connectivity index is 2.37. The van der Waals surface area contributed by atoms with Gasteiger partial charge < -0.3 is 4.74 Å². The highest BCUT2D eigenvalue weighted by Crippen LogP contribution is 2.30. The van der Waals surface area contributed by atoms with E-state index in [1.807, 2.05) is 12.1 Å². The topological polar surface area (TPSA) is 38.3 Å². The molecule has 1 aromatic rings. The first-order valence-electron chi connectivity index (χ1n) is 5.48. The lowest BCUT2D eigenvalue weighted by Gasteiger charge is -2.37. The molecule has 3 heteroatoms. The zero-order chi connectivity index (χ0) is 11.8. The molecule has 3 nitrogen and oxygen atoms in total. The number of esters is 1. The molecular weight excluding hydrogens is 202 g/mol. The fourth-order valence-electron chi connectivity index (χ4n) is 2.38. The highest BCUT2D eigenvalue weighted by Gasteiger charge is 2.35. The van der Waals surface area contributed by atoms with E-state index in [0.29, 0.717) is 6.42 Å². The van der Waals surface area contributed by atoms with Crippen LogP contribution in [0.5, 0.6) is 0 Å². The Bertz CT molecular complexity index is 412. The van der Waals surface area contributed by atoms with E-state index in [1.165, 1.54) is 18.2 Å². The van der Waals surface area contributed by atoms with Crippen LogP contribution in [0.3, 0.4) is 0 Å². The van der Waals surface area contributed by atoms with Crippen LogP contribution in [0.1, 0.15) is 25.0 Å². The van der Waals surface area contributed by atoms with E-state index >= 15 is 0 Å². The van der Waals surface area contributed by atoms with Gasteiger partial charge in [-0.25, -0.2) is 0 Å². The predicted octanol–water partition coefficient (Wildman–Crippen LogP) is 1.61. The van der Waals surface area contributed by atoms with Gasteiger partial charge in [-0.15, -0.1) is 0 Å². The van der Waals surface area contributed by atoms with Gasteiger partial charge in [0.1, 0.15) is 6.04 Å². The van der Waals surface area contributed by atoms with Gasteiger partial charge in [0, 0.05) is 5.54 Å². The lowest BCUT2D eigenvalue weighted by Crippen LogP contribution is -2.53. The quantitative estimate of drug-likeness (QED) is 0.729. The van der Waals surface area contributed by atoms with Crippen LogP contribution < -0.4 is 5.32 Å². The second-order valence-electron chi connectivity index (χ2n) is 4.71. The molecule has 0 bridgehead atoms. The van der Waals surface area contributed by atoms with Gasteiger partial charge in [-0.3, -0.25) is 10.1 Å². The number of nitrogens with one attached hydrogen (secondary N) is 1. The van der Waals surface area contributed by atoms with Crippen LogP contribution in [0.25, 0.3) is 0 Å². The predicted molar refractivity (Wildman–Crippen MR) is 62.1 cm³/mol. The van der Waals surface area contributed by atoms with Crippen molar-refractivity contribution in [1.82, 2.24) is 5.32 Å². The minimum Gasteiger partial charge on any atom is -0.468 e. The monoisotopic (exact) mass is 219 g/mol. The molecule has 0 aliphatic carbocycles. The third-order valence-electron chi connectivity index (χ3n) is 3.14. The van der Waals surface area contributed by atoms with Crippen molar-refractivity contribution < 1.29 is 9.53 Å². The minimum absolute atomic E-state index is 0.187. The van der Waals surface area contributed by atoms with Crippen LogP contribution in [0.4, 0.5) is 0 Å². The zero-order valence-electron chi connectivity index (χ0n) is 9.91. The Morgan fingerprint density at radius 1 is 1.44 bits per heavy atom. The molecule has 0 saturated carbocycles. The molecule has 2 rings (SSSR count). The van der Waals surface area contributed by atoms with E-state index in [0.717, 1.165) is 0 Å². The van der Waals surface area contributed by atoms with Gasteiger partial charge in [-0.05, 0) is 31.4 Å². The Morgan fingerprint density at radius 3 is 2.81 bits per heavy atom. The maximum Gasteiger partial charge on any atom is 0.323 e. The fraction of sp³-hybridized carbons (Fsp3) is 0.462. The smallest absolute Gasteiger partial charge is 0.323 e. The molecule has 1 unspecified atom stereocenters. The number of benzene rings is 1. The minimum atomic E-state index is -0.241. The van der Waals surface area contributed by atoms with E-state index in [2.05, 4.69) is 31.3 Å². The molecule has 1 atom stereocenters. The average Bonchev–Trinajstić information content (AvgIpc) is 2.27. The summed E-state index contributed by atoms with van der Waals surface area (Å²) in [5.41, 5.74) is 2.30. The van der Waals surface area contributed by atoms with Crippen LogP contribution >= 0.6 is 0 Å². The van der Waals surface area contributed by atoms with Gasteiger partial charge >= 0.3 is 5.97 Å². The van der Waals surface area contributed by atoms with E-state index in [4.69, 9.17) is 4.74 Å². The third kappa shape index (κ3) is 1.83. The average molecular weight is 219 g/mol. The number of hydrogen-bond donors (Lipinski definition) is 1. The second-order valence-corrected chi connectivity index (χ2v) is 4.71. The van der Waals surface area contributed by atoms with Crippen molar-refractivity contribution in [2.45, 2.75) is 31.8 Å². The first-order valence-corrected chi connectivity index (χ1v) is 5.48. The van der Waals surface area contributed by atoms with Gasteiger partial charge in [-0.1, -0.05) is 24.3 Å². The number of rotatable bonds is 1. The van der Waals surface area contributed by atoms with Crippen molar-refractivity contribution in [2.75, 3.05) is 7.11 Å². The van der Waals surface area contributed by atoms with Crippen LogP contribution in [0.15, 0.2) is 24.3 Å². The molecule has 0 radical (unpaired) electrons. The Labute approximate surface area is 95.8 Å². The van der Waals surface area contributed by atoms with Gasteiger partial charge in [0.15, 0.2) is 0 Å². The summed E-state index contributed by atoms with van der Waals surface area (Å²) in [6.07, 6.45) is 0.701. The zero-order valence-corrected chi connectivity index (χ0v) is 9.91. The summed E-state index contributed by atoms with van der Waals surface area (Å²) in [5.74, 6) is -0.192. The van der Waals surface area contributed by atoms with Crippen molar-refractivity contribution in [2.24, 2.45) is 0 Å². The van der Waals surface area contributed by atoms with Crippen molar-refractivity contribution in [3.05, 3.63) is 35.4 Å². The third-order valence-corrected chi connectivity index (χ3v) is 3.14. The van der Waals surface area contributed by atoms with Crippen molar-refractivity contribution in [1.29, 1.82) is 0 Å². The van der Waals surface area contributed by atoms with Crippen molar-refractivity contribution >= 4 is 5.97 Å². The first-order chi connectivity index (χ1) is 7.54. The molecule has 1 N–H and O–H groups in total. The largest absolute Gasteiger partial charge is 0.468 e. The molecule has 0 saturated heterocycles. The summed E-state index contributed by atoms with van der Waals surface area (Å²) in [6, 6.07) is 7.98. The summed E-state index contributed by atoms with van der Waals surface area (Å²) in [5, 5.41) is 3.33. The SMILES string of the molecule is COC(=O)C1Cc2ccccc2C(C)(C)N1. The molecule has 0 spiro atoms. The standard InChI is InChI=1S/C13H17NO2/c1-13(2)10-7-5-4-6-9(10)8-11(14-13)12(15)16-3/h4-7,11,14H,8H2,1-3H3. The summed E-state index contributed by atoms with van der Waals surface area (Å²) < 4.78 is 4.80. The molecule has 16 heavy (non-hydrogen) atoms. The Hall–Kier alpha value is -1.35. The van der Waals surface area contributed by atoms with Crippen LogP contribution in [0.2, 0.25) is 0 Å². The Morgan fingerprint density at radius 2 is 2.12 bits per heavy atom. The van der Waals surface area contributed by atoms with Gasteiger partial charge in [0.2, 0.25) is 0 Å².